The van der Waals surface area contributed by atoms with Gasteiger partial charge in [-0.15, -0.1) is 0 Å². The van der Waals surface area contributed by atoms with Crippen LogP contribution in [-0.2, 0) is 11.3 Å². The van der Waals surface area contributed by atoms with E-state index in [9.17, 15) is 4.79 Å². The van der Waals surface area contributed by atoms with Crippen molar-refractivity contribution in [2.24, 2.45) is 0 Å². The van der Waals surface area contributed by atoms with E-state index in [2.05, 4.69) is 10.1 Å². The highest BCUT2D eigenvalue weighted by Gasteiger charge is 2.29. The van der Waals surface area contributed by atoms with Gasteiger partial charge < -0.3 is 13.8 Å². The van der Waals surface area contributed by atoms with Crippen LogP contribution in [0.25, 0.3) is 0 Å². The van der Waals surface area contributed by atoms with Crippen molar-refractivity contribution >= 4 is 5.97 Å². The second-order valence-electron chi connectivity index (χ2n) is 4.56. The van der Waals surface area contributed by atoms with Crippen LogP contribution in [0.4, 0.5) is 0 Å². The number of esters is 1. The summed E-state index contributed by atoms with van der Waals surface area (Å²) in [6.45, 7) is 2.56. The van der Waals surface area contributed by atoms with Crippen molar-refractivity contribution in [3.63, 3.8) is 0 Å². The number of hydrogen-bond donors (Lipinski definition) is 0. The van der Waals surface area contributed by atoms with E-state index in [1.165, 1.54) is 0 Å². The van der Waals surface area contributed by atoms with Gasteiger partial charge in [0, 0.05) is 12.1 Å². The van der Waals surface area contributed by atoms with Crippen LogP contribution in [0.3, 0.4) is 0 Å². The third kappa shape index (κ3) is 2.52. The maximum Gasteiger partial charge on any atom is 0.354 e. The molecule has 2 aromatic heterocycles. The third-order valence-corrected chi connectivity index (χ3v) is 3.04. The lowest BCUT2D eigenvalue weighted by atomic mass is 10.4. The molecular formula is C13H15N3O3. The molecule has 1 aliphatic carbocycles. The van der Waals surface area contributed by atoms with E-state index in [-0.39, 0.29) is 5.97 Å². The number of aromatic nitrogens is 3. The molecule has 0 radical (unpaired) electrons. The van der Waals surface area contributed by atoms with Crippen molar-refractivity contribution in [1.82, 2.24) is 14.7 Å². The van der Waals surface area contributed by atoms with Crippen LogP contribution in [-0.4, -0.2) is 27.3 Å². The molecule has 0 N–H and O–H groups in total. The van der Waals surface area contributed by atoms with Gasteiger partial charge >= 0.3 is 5.97 Å². The van der Waals surface area contributed by atoms with Crippen molar-refractivity contribution in [3.05, 3.63) is 35.7 Å². The molecule has 0 bridgehead atoms. The number of ether oxygens (including phenoxy) is 1. The molecule has 100 valence electrons. The number of carbonyl (C=O) groups is 1. The summed E-state index contributed by atoms with van der Waals surface area (Å²) in [5, 5.41) is 3.94. The summed E-state index contributed by atoms with van der Waals surface area (Å²) < 4.78 is 12.0. The molecule has 0 atom stereocenters. The van der Waals surface area contributed by atoms with E-state index in [0.717, 1.165) is 12.8 Å². The summed E-state index contributed by atoms with van der Waals surface area (Å²) in [5.74, 6) is 1.40. The summed E-state index contributed by atoms with van der Waals surface area (Å²) in [6.07, 6.45) is 4.05. The van der Waals surface area contributed by atoms with Gasteiger partial charge in [-0.2, -0.15) is 4.98 Å². The van der Waals surface area contributed by atoms with Gasteiger partial charge in [-0.25, -0.2) is 4.79 Å². The lowest BCUT2D eigenvalue weighted by Crippen LogP contribution is -2.12. The molecule has 6 nitrogen and oxygen atoms in total. The van der Waals surface area contributed by atoms with Crippen LogP contribution in [0.15, 0.2) is 22.9 Å². The van der Waals surface area contributed by atoms with Gasteiger partial charge in [-0.3, -0.25) is 0 Å². The van der Waals surface area contributed by atoms with E-state index >= 15 is 0 Å². The van der Waals surface area contributed by atoms with Crippen molar-refractivity contribution < 1.29 is 14.1 Å². The standard InChI is InChI=1S/C13H15N3O3/c1-2-18-13(17)10-4-3-7-16(10)8-11-14-12(19-15-11)9-5-6-9/h3-4,7,9H,2,5-6,8H2,1H3. The number of rotatable bonds is 5. The average molecular weight is 261 g/mol. The first-order valence-electron chi connectivity index (χ1n) is 6.42. The van der Waals surface area contributed by atoms with Gasteiger partial charge in [-0.05, 0) is 31.9 Å². The molecule has 1 fully saturated rings. The van der Waals surface area contributed by atoms with Crippen molar-refractivity contribution in [2.75, 3.05) is 6.61 Å². The average Bonchev–Trinajstić information content (AvgIpc) is 2.97. The molecule has 2 aromatic rings. The molecule has 2 heterocycles. The maximum atomic E-state index is 11.7. The second kappa shape index (κ2) is 4.87. The number of hydrogen-bond acceptors (Lipinski definition) is 5. The van der Waals surface area contributed by atoms with Gasteiger partial charge in [0.25, 0.3) is 0 Å². The highest BCUT2D eigenvalue weighted by Crippen LogP contribution is 2.38. The Bertz CT molecular complexity index is 583. The van der Waals surface area contributed by atoms with Crippen molar-refractivity contribution in [3.8, 4) is 0 Å². The van der Waals surface area contributed by atoms with E-state index in [4.69, 9.17) is 9.26 Å². The minimum Gasteiger partial charge on any atom is -0.461 e. The lowest BCUT2D eigenvalue weighted by molar-refractivity contribution is 0.0514. The van der Waals surface area contributed by atoms with Gasteiger partial charge in [0.15, 0.2) is 5.82 Å². The van der Waals surface area contributed by atoms with Gasteiger partial charge in [0.05, 0.1) is 13.2 Å². The predicted octanol–water partition coefficient (Wildman–Crippen LogP) is 1.97. The Labute approximate surface area is 110 Å². The summed E-state index contributed by atoms with van der Waals surface area (Å²) in [7, 11) is 0. The SMILES string of the molecule is CCOC(=O)c1cccn1Cc1noc(C2CC2)n1. The molecule has 3 rings (SSSR count). The monoisotopic (exact) mass is 261 g/mol. The summed E-state index contributed by atoms with van der Waals surface area (Å²) >= 11 is 0. The third-order valence-electron chi connectivity index (χ3n) is 3.04. The molecule has 0 saturated heterocycles. The van der Waals surface area contributed by atoms with E-state index < -0.39 is 0 Å². The Morgan fingerprint density at radius 3 is 3.16 bits per heavy atom. The van der Waals surface area contributed by atoms with Crippen molar-refractivity contribution in [1.29, 1.82) is 0 Å². The second-order valence-corrected chi connectivity index (χ2v) is 4.56. The first kappa shape index (κ1) is 12.0. The normalized spacial score (nSPS) is 14.6. The fourth-order valence-electron chi connectivity index (χ4n) is 1.92. The highest BCUT2D eigenvalue weighted by molar-refractivity contribution is 5.87. The molecule has 1 saturated carbocycles. The number of nitrogens with zero attached hydrogens (tertiary/aromatic N) is 3. The van der Waals surface area contributed by atoms with Crippen LogP contribution in [0.2, 0.25) is 0 Å². The smallest absolute Gasteiger partial charge is 0.354 e. The minimum atomic E-state index is -0.335. The van der Waals surface area contributed by atoms with Crippen LogP contribution in [0, 0.1) is 0 Å². The molecular weight excluding hydrogens is 246 g/mol. The molecule has 6 heteroatoms. The van der Waals surface area contributed by atoms with Gasteiger partial charge in [0.1, 0.15) is 5.69 Å². The topological polar surface area (TPSA) is 70.2 Å². The largest absolute Gasteiger partial charge is 0.461 e. The highest BCUT2D eigenvalue weighted by atomic mass is 16.5. The first-order valence-corrected chi connectivity index (χ1v) is 6.42. The molecule has 0 aliphatic heterocycles. The zero-order valence-electron chi connectivity index (χ0n) is 10.7. The lowest BCUT2D eigenvalue weighted by Gasteiger charge is -2.05. The van der Waals surface area contributed by atoms with Crippen molar-refractivity contribution in [2.45, 2.75) is 32.2 Å². The van der Waals surface area contributed by atoms with Crippen LogP contribution >= 0.6 is 0 Å². The zero-order valence-corrected chi connectivity index (χ0v) is 10.7. The Morgan fingerprint density at radius 1 is 1.58 bits per heavy atom. The molecule has 0 spiro atoms. The van der Waals surface area contributed by atoms with E-state index in [1.807, 2.05) is 0 Å². The van der Waals surface area contributed by atoms with Crippen LogP contribution < -0.4 is 0 Å². The quantitative estimate of drug-likeness (QED) is 0.769. The summed E-state index contributed by atoms with van der Waals surface area (Å²) in [5.41, 5.74) is 0.500. The molecule has 1 aliphatic rings. The van der Waals surface area contributed by atoms with Crippen LogP contribution in [0.5, 0.6) is 0 Å². The molecule has 19 heavy (non-hydrogen) atoms. The molecule has 0 amide bonds. The van der Waals surface area contributed by atoms with Gasteiger partial charge in [-0.1, -0.05) is 5.16 Å². The summed E-state index contributed by atoms with van der Waals surface area (Å²) in [4.78, 5) is 16.1. The maximum absolute atomic E-state index is 11.7. The Balaban J connectivity index is 1.75. The minimum absolute atomic E-state index is 0.335. The Kier molecular flexibility index (Phi) is 3.06. The molecule has 0 aromatic carbocycles. The zero-order chi connectivity index (χ0) is 13.2. The predicted molar refractivity (Wildman–Crippen MR) is 65.8 cm³/mol. The Hall–Kier alpha value is -2.11. The fraction of sp³-hybridized carbons (Fsp3) is 0.462. The van der Waals surface area contributed by atoms with E-state index in [1.54, 1.807) is 29.8 Å². The number of carbonyl (C=O) groups excluding carboxylic acids is 1. The first-order chi connectivity index (χ1) is 9.28. The van der Waals surface area contributed by atoms with E-state index in [0.29, 0.717) is 36.5 Å². The summed E-state index contributed by atoms with van der Waals surface area (Å²) in [6, 6.07) is 3.52. The molecule has 0 unspecified atom stereocenters. The Morgan fingerprint density at radius 2 is 2.42 bits per heavy atom. The van der Waals surface area contributed by atoms with Gasteiger partial charge in [0.2, 0.25) is 5.89 Å². The van der Waals surface area contributed by atoms with Crippen LogP contribution in [0.1, 0.15) is 47.9 Å². The fourth-order valence-corrected chi connectivity index (χ4v) is 1.92.